The van der Waals surface area contributed by atoms with Crippen molar-refractivity contribution in [1.29, 1.82) is 0 Å². The van der Waals surface area contributed by atoms with Crippen LogP contribution in [0.1, 0.15) is 5.56 Å². The Morgan fingerprint density at radius 1 is 1.26 bits per heavy atom. The van der Waals surface area contributed by atoms with Crippen LogP contribution in [0.15, 0.2) is 26.0 Å². The molecule has 0 aliphatic carbocycles. The molecular formula is C11H14Br2ClNO3S. The molecule has 108 valence electrons. The van der Waals surface area contributed by atoms with Crippen LogP contribution < -0.4 is 4.72 Å². The minimum Gasteiger partial charge on any atom is -0.379 e. The topological polar surface area (TPSA) is 55.4 Å². The van der Waals surface area contributed by atoms with Crippen molar-refractivity contribution in [3.05, 3.63) is 26.6 Å². The average molecular weight is 436 g/mol. The Bertz CT molecular complexity index is 537. The molecule has 0 heterocycles. The molecule has 19 heavy (non-hydrogen) atoms. The lowest BCUT2D eigenvalue weighted by Crippen LogP contribution is -2.28. The van der Waals surface area contributed by atoms with Gasteiger partial charge in [-0.2, -0.15) is 0 Å². The zero-order valence-corrected chi connectivity index (χ0v) is 15.0. The van der Waals surface area contributed by atoms with Crippen molar-refractivity contribution < 1.29 is 13.2 Å². The summed E-state index contributed by atoms with van der Waals surface area (Å²) in [5.74, 6) is 0.392. The average Bonchev–Trinajstić information content (AvgIpc) is 2.33. The normalized spacial score (nSPS) is 11.8. The number of nitrogens with one attached hydrogen (secondary N) is 1. The maximum Gasteiger partial charge on any atom is 0.241 e. The molecule has 1 aromatic rings. The summed E-state index contributed by atoms with van der Waals surface area (Å²) in [4.78, 5) is 0.197. The van der Waals surface area contributed by atoms with E-state index in [1.807, 2.05) is 6.92 Å². The van der Waals surface area contributed by atoms with Crippen molar-refractivity contribution in [3.8, 4) is 0 Å². The first-order valence-electron chi connectivity index (χ1n) is 5.47. The molecule has 1 aromatic carbocycles. The van der Waals surface area contributed by atoms with E-state index < -0.39 is 10.0 Å². The molecule has 1 rings (SSSR count). The summed E-state index contributed by atoms with van der Waals surface area (Å²) in [7, 11) is -3.56. The first-order valence-corrected chi connectivity index (χ1v) is 9.08. The number of hydrogen-bond acceptors (Lipinski definition) is 3. The van der Waals surface area contributed by atoms with Crippen LogP contribution in [0.4, 0.5) is 0 Å². The van der Waals surface area contributed by atoms with Gasteiger partial charge in [-0.15, -0.1) is 11.6 Å². The minimum atomic E-state index is -3.56. The molecule has 0 unspecified atom stereocenters. The highest BCUT2D eigenvalue weighted by molar-refractivity contribution is 9.11. The summed E-state index contributed by atoms with van der Waals surface area (Å²) in [6, 6.07) is 3.32. The number of rotatable bonds is 7. The maximum absolute atomic E-state index is 12.1. The van der Waals surface area contributed by atoms with Crippen molar-refractivity contribution >= 4 is 53.5 Å². The zero-order valence-electron chi connectivity index (χ0n) is 10.3. The first-order chi connectivity index (χ1) is 8.88. The highest BCUT2D eigenvalue weighted by Crippen LogP contribution is 2.28. The van der Waals surface area contributed by atoms with Gasteiger partial charge in [-0.1, -0.05) is 15.9 Å². The van der Waals surface area contributed by atoms with Crippen LogP contribution in [-0.4, -0.2) is 34.1 Å². The second kappa shape index (κ2) is 7.95. The van der Waals surface area contributed by atoms with Gasteiger partial charge in [0.15, 0.2) is 0 Å². The van der Waals surface area contributed by atoms with E-state index in [-0.39, 0.29) is 18.0 Å². The summed E-state index contributed by atoms with van der Waals surface area (Å²) < 4.78 is 33.1. The van der Waals surface area contributed by atoms with E-state index in [4.69, 9.17) is 16.3 Å². The molecule has 4 nitrogen and oxygen atoms in total. The first kappa shape index (κ1) is 17.4. The second-order valence-corrected chi connectivity index (χ2v) is 7.55. The number of benzene rings is 1. The fourth-order valence-corrected chi connectivity index (χ4v) is 4.11. The van der Waals surface area contributed by atoms with Crippen LogP contribution in [0.3, 0.4) is 0 Å². The van der Waals surface area contributed by atoms with Crippen LogP contribution in [0, 0.1) is 6.92 Å². The predicted octanol–water partition coefficient (Wildman–Crippen LogP) is 3.05. The number of aryl methyl sites for hydroxylation is 1. The van der Waals surface area contributed by atoms with E-state index >= 15 is 0 Å². The molecule has 0 amide bonds. The van der Waals surface area contributed by atoms with E-state index in [9.17, 15) is 8.42 Å². The highest BCUT2D eigenvalue weighted by atomic mass is 79.9. The summed E-state index contributed by atoms with van der Waals surface area (Å²) in [6.45, 7) is 2.79. The predicted molar refractivity (Wildman–Crippen MR) is 83.3 cm³/mol. The Kier molecular flexibility index (Phi) is 7.28. The number of hydrogen-bond donors (Lipinski definition) is 1. The molecule has 0 saturated carbocycles. The number of sulfonamides is 1. The molecule has 0 fully saturated rings. The van der Waals surface area contributed by atoms with Crippen molar-refractivity contribution in [2.45, 2.75) is 11.8 Å². The fraction of sp³-hybridized carbons (Fsp3) is 0.455. The monoisotopic (exact) mass is 433 g/mol. The Balaban J connectivity index is 2.75. The maximum atomic E-state index is 12.1. The standard InChI is InChI=1S/C11H14Br2ClNO3S/c1-8-6-10(13)11(7-9(8)12)19(16,17)15-3-5-18-4-2-14/h6-7,15H,2-5H2,1H3. The van der Waals surface area contributed by atoms with Gasteiger partial charge in [0.25, 0.3) is 0 Å². The van der Waals surface area contributed by atoms with Crippen molar-refractivity contribution in [1.82, 2.24) is 4.72 Å². The third-order valence-electron chi connectivity index (χ3n) is 2.26. The number of ether oxygens (including phenoxy) is 1. The van der Waals surface area contributed by atoms with E-state index in [1.54, 1.807) is 12.1 Å². The molecule has 0 atom stereocenters. The lowest BCUT2D eigenvalue weighted by Gasteiger charge is -2.10. The van der Waals surface area contributed by atoms with E-state index in [0.717, 1.165) is 10.0 Å². The molecule has 0 aromatic heterocycles. The number of halogens is 3. The van der Waals surface area contributed by atoms with Gasteiger partial charge in [-0.25, -0.2) is 13.1 Å². The van der Waals surface area contributed by atoms with E-state index in [1.165, 1.54) is 0 Å². The van der Waals surface area contributed by atoms with Crippen molar-refractivity contribution in [3.63, 3.8) is 0 Å². The van der Waals surface area contributed by atoms with Crippen molar-refractivity contribution in [2.75, 3.05) is 25.6 Å². The second-order valence-electron chi connectivity index (χ2n) is 3.73. The Morgan fingerprint density at radius 2 is 1.95 bits per heavy atom. The zero-order chi connectivity index (χ0) is 14.5. The Hall–Kier alpha value is 0.340. The van der Waals surface area contributed by atoms with Crippen LogP contribution in [0.5, 0.6) is 0 Å². The third-order valence-corrected chi connectivity index (χ3v) is 5.69. The van der Waals surface area contributed by atoms with Gasteiger partial charge < -0.3 is 4.74 Å². The molecule has 0 radical (unpaired) electrons. The van der Waals surface area contributed by atoms with Crippen LogP contribution in [0.25, 0.3) is 0 Å². The van der Waals surface area contributed by atoms with Gasteiger partial charge in [-0.05, 0) is 40.5 Å². The Morgan fingerprint density at radius 3 is 2.58 bits per heavy atom. The lowest BCUT2D eigenvalue weighted by atomic mass is 10.2. The SMILES string of the molecule is Cc1cc(Br)c(S(=O)(=O)NCCOCCCl)cc1Br. The summed E-state index contributed by atoms with van der Waals surface area (Å²) in [6.07, 6.45) is 0. The molecular weight excluding hydrogens is 421 g/mol. The Labute approximate surface area is 135 Å². The van der Waals surface area contributed by atoms with Crippen LogP contribution in [0.2, 0.25) is 0 Å². The molecule has 0 aliphatic heterocycles. The summed E-state index contributed by atoms with van der Waals surface area (Å²) >= 11 is 12.0. The van der Waals surface area contributed by atoms with Gasteiger partial charge >= 0.3 is 0 Å². The van der Waals surface area contributed by atoms with Gasteiger partial charge in [0.05, 0.1) is 18.1 Å². The van der Waals surface area contributed by atoms with Gasteiger partial charge in [0.2, 0.25) is 10.0 Å². The molecule has 0 bridgehead atoms. The van der Waals surface area contributed by atoms with E-state index in [2.05, 4.69) is 36.6 Å². The molecule has 1 N–H and O–H groups in total. The fourth-order valence-electron chi connectivity index (χ4n) is 1.32. The summed E-state index contributed by atoms with van der Waals surface area (Å²) in [5.41, 5.74) is 0.955. The largest absolute Gasteiger partial charge is 0.379 e. The van der Waals surface area contributed by atoms with Crippen LogP contribution in [-0.2, 0) is 14.8 Å². The van der Waals surface area contributed by atoms with Gasteiger partial charge in [-0.3, -0.25) is 0 Å². The molecule has 8 heteroatoms. The quantitative estimate of drug-likeness (QED) is 0.529. The van der Waals surface area contributed by atoms with Gasteiger partial charge in [0, 0.05) is 21.4 Å². The third kappa shape index (κ3) is 5.32. The van der Waals surface area contributed by atoms with Gasteiger partial charge in [0.1, 0.15) is 0 Å². The molecule has 0 aliphatic rings. The molecule has 0 saturated heterocycles. The smallest absolute Gasteiger partial charge is 0.241 e. The lowest BCUT2D eigenvalue weighted by molar-refractivity contribution is 0.155. The highest BCUT2D eigenvalue weighted by Gasteiger charge is 2.18. The molecule has 0 spiro atoms. The van der Waals surface area contributed by atoms with Crippen LogP contribution >= 0.6 is 43.5 Å². The number of alkyl halides is 1. The van der Waals surface area contributed by atoms with Crippen molar-refractivity contribution in [2.24, 2.45) is 0 Å². The minimum absolute atomic E-state index is 0.197. The van der Waals surface area contributed by atoms with E-state index in [0.29, 0.717) is 17.0 Å². The summed E-state index contributed by atoms with van der Waals surface area (Å²) in [5, 5.41) is 0.